The molecule has 0 saturated heterocycles. The van der Waals surface area contributed by atoms with Crippen molar-refractivity contribution in [2.45, 2.75) is 73.1 Å². The zero-order valence-corrected chi connectivity index (χ0v) is 14.8. The van der Waals surface area contributed by atoms with Crippen LogP contribution in [0.3, 0.4) is 0 Å². The van der Waals surface area contributed by atoms with Gasteiger partial charge in [0.2, 0.25) is 6.41 Å². The van der Waals surface area contributed by atoms with Crippen molar-refractivity contribution in [2.75, 3.05) is 13.2 Å². The van der Waals surface area contributed by atoms with E-state index in [1.165, 1.54) is 19.3 Å². The van der Waals surface area contributed by atoms with Gasteiger partial charge in [0.1, 0.15) is 0 Å². The van der Waals surface area contributed by atoms with Crippen LogP contribution in [-0.4, -0.2) is 24.7 Å². The molecule has 0 aliphatic heterocycles. The number of amides is 1. The monoisotopic (exact) mass is 299 g/mol. The van der Waals surface area contributed by atoms with Crippen LogP contribution in [0.4, 0.5) is 0 Å². The summed E-state index contributed by atoms with van der Waals surface area (Å²) in [6.07, 6.45) is 7.78. The number of rotatable bonds is 7. The Morgan fingerprint density at radius 2 is 1.95 bits per heavy atom. The molecule has 1 saturated carbocycles. The molecular weight excluding hydrogens is 262 g/mol. The molecule has 3 nitrogen and oxygen atoms in total. The van der Waals surface area contributed by atoms with E-state index >= 15 is 0 Å². The van der Waals surface area contributed by atoms with Crippen molar-refractivity contribution in [1.29, 1.82) is 0 Å². The largest absolute Gasteiger partial charge is 0.396 e. The first-order chi connectivity index (χ1) is 9.84. The lowest BCUT2D eigenvalue weighted by atomic mass is 9.65. The summed E-state index contributed by atoms with van der Waals surface area (Å²) in [7, 11) is 0. The number of hydrogen-bond acceptors (Lipinski definition) is 2. The molecule has 0 aromatic carbocycles. The fraction of sp³-hybridized carbons (Fsp3) is 0.944. The molecule has 0 bridgehead atoms. The number of carbonyl (C=O) groups is 1. The van der Waals surface area contributed by atoms with Crippen LogP contribution in [-0.2, 0) is 4.79 Å². The van der Waals surface area contributed by atoms with Gasteiger partial charge in [-0.3, -0.25) is 4.79 Å². The average molecular weight is 299 g/mol. The summed E-state index contributed by atoms with van der Waals surface area (Å²) in [6.45, 7) is 13.0. The second kappa shape index (κ2) is 11.1. The van der Waals surface area contributed by atoms with Crippen molar-refractivity contribution in [3.8, 4) is 0 Å². The predicted octanol–water partition coefficient (Wildman–Crippen LogP) is 4.00. The summed E-state index contributed by atoms with van der Waals surface area (Å²) in [5, 5.41) is 10.9. The molecule has 2 atom stereocenters. The van der Waals surface area contributed by atoms with Crippen molar-refractivity contribution in [1.82, 2.24) is 5.32 Å². The molecule has 2 unspecified atom stereocenters. The van der Waals surface area contributed by atoms with Gasteiger partial charge in [-0.25, -0.2) is 0 Å². The van der Waals surface area contributed by atoms with E-state index in [1.807, 2.05) is 0 Å². The Labute approximate surface area is 131 Å². The number of hydrogen-bond donors (Lipinski definition) is 2. The van der Waals surface area contributed by atoms with E-state index in [-0.39, 0.29) is 6.61 Å². The van der Waals surface area contributed by atoms with E-state index in [9.17, 15) is 4.79 Å². The van der Waals surface area contributed by atoms with Gasteiger partial charge < -0.3 is 10.4 Å². The van der Waals surface area contributed by atoms with E-state index in [0.717, 1.165) is 43.6 Å². The minimum absolute atomic E-state index is 0.251. The second-order valence-electron chi connectivity index (χ2n) is 7.65. The number of nitrogens with one attached hydrogen (secondary N) is 1. The summed E-state index contributed by atoms with van der Waals surface area (Å²) in [5.41, 5.74) is 0.616. The summed E-state index contributed by atoms with van der Waals surface area (Å²) in [6, 6.07) is 0. The van der Waals surface area contributed by atoms with Crippen molar-refractivity contribution in [2.24, 2.45) is 23.2 Å². The smallest absolute Gasteiger partial charge is 0.207 e. The molecule has 3 heteroatoms. The van der Waals surface area contributed by atoms with Gasteiger partial charge in [0.15, 0.2) is 0 Å². The van der Waals surface area contributed by atoms with Gasteiger partial charge in [-0.05, 0) is 61.7 Å². The van der Waals surface area contributed by atoms with Gasteiger partial charge in [0, 0.05) is 13.2 Å². The molecule has 1 amide bonds. The molecule has 0 aromatic rings. The topological polar surface area (TPSA) is 49.3 Å². The molecule has 1 aliphatic rings. The van der Waals surface area contributed by atoms with Crippen LogP contribution in [0.15, 0.2) is 0 Å². The maximum atomic E-state index is 9.68. The zero-order chi connectivity index (χ0) is 16.3. The molecule has 1 fully saturated rings. The molecule has 21 heavy (non-hydrogen) atoms. The van der Waals surface area contributed by atoms with Crippen molar-refractivity contribution in [3.05, 3.63) is 0 Å². The summed E-state index contributed by atoms with van der Waals surface area (Å²) >= 11 is 0. The fourth-order valence-corrected chi connectivity index (χ4v) is 3.53. The molecule has 126 valence electrons. The maximum Gasteiger partial charge on any atom is 0.207 e. The van der Waals surface area contributed by atoms with Gasteiger partial charge in [0.25, 0.3) is 0 Å². The normalized spacial score (nSPS) is 24.1. The van der Waals surface area contributed by atoms with Gasteiger partial charge in [-0.2, -0.15) is 0 Å². The van der Waals surface area contributed by atoms with Crippen molar-refractivity contribution >= 4 is 6.41 Å². The first-order valence-corrected chi connectivity index (χ1v) is 8.62. The standard InChI is InChI=1S/C12H24.C6H13NO2/c1-9(2)11-6-7-12(4,5)8-10(11)3;8-5-3-1-2-4-7-6-9/h9-11H,6-8H2,1-5H3;6,8H,1-5H2,(H,7,9). The van der Waals surface area contributed by atoms with Crippen molar-refractivity contribution < 1.29 is 9.90 Å². The van der Waals surface area contributed by atoms with Crippen LogP contribution < -0.4 is 5.32 Å². The quantitative estimate of drug-likeness (QED) is 0.551. The zero-order valence-electron chi connectivity index (χ0n) is 14.8. The average Bonchev–Trinajstić information content (AvgIpc) is 2.38. The highest BCUT2D eigenvalue weighted by atomic mass is 16.2. The highest BCUT2D eigenvalue weighted by Crippen LogP contribution is 2.44. The Morgan fingerprint density at radius 3 is 2.43 bits per heavy atom. The van der Waals surface area contributed by atoms with Crippen LogP contribution in [0.25, 0.3) is 0 Å². The molecule has 2 N–H and O–H groups in total. The van der Waals surface area contributed by atoms with Crippen LogP contribution in [0, 0.1) is 23.2 Å². The predicted molar refractivity (Wildman–Crippen MR) is 90.1 cm³/mol. The molecular formula is C18H37NO2. The third-order valence-electron chi connectivity index (χ3n) is 4.68. The first kappa shape index (κ1) is 20.4. The Balaban J connectivity index is 0.000000400. The molecule has 0 heterocycles. The van der Waals surface area contributed by atoms with Crippen LogP contribution in [0.5, 0.6) is 0 Å². The Morgan fingerprint density at radius 1 is 1.29 bits per heavy atom. The maximum absolute atomic E-state index is 9.68. The SMILES string of the molecule is CC(C)C1CCC(C)(C)CC1C.O=CNCCCCCO. The molecule has 0 radical (unpaired) electrons. The lowest BCUT2D eigenvalue weighted by Crippen LogP contribution is -2.30. The fourth-order valence-electron chi connectivity index (χ4n) is 3.53. The first-order valence-electron chi connectivity index (χ1n) is 8.62. The van der Waals surface area contributed by atoms with Gasteiger partial charge in [0.05, 0.1) is 0 Å². The lowest BCUT2D eigenvalue weighted by molar-refractivity contribution is -0.109. The Bertz CT molecular complexity index is 264. The highest BCUT2D eigenvalue weighted by Gasteiger charge is 2.33. The molecule has 1 aliphatic carbocycles. The molecule has 0 aromatic heterocycles. The second-order valence-corrected chi connectivity index (χ2v) is 7.65. The number of carbonyl (C=O) groups excluding carboxylic acids is 1. The van der Waals surface area contributed by atoms with Crippen LogP contribution in [0.2, 0.25) is 0 Å². The van der Waals surface area contributed by atoms with Gasteiger partial charge in [-0.1, -0.05) is 34.6 Å². The third kappa shape index (κ3) is 9.89. The summed E-state index contributed by atoms with van der Waals surface area (Å²) in [5.74, 6) is 2.81. The minimum atomic E-state index is 0.251. The summed E-state index contributed by atoms with van der Waals surface area (Å²) < 4.78 is 0. The third-order valence-corrected chi connectivity index (χ3v) is 4.68. The molecule has 0 spiro atoms. The van der Waals surface area contributed by atoms with Crippen molar-refractivity contribution in [3.63, 3.8) is 0 Å². The van der Waals surface area contributed by atoms with Crippen LogP contribution >= 0.6 is 0 Å². The minimum Gasteiger partial charge on any atom is -0.396 e. The molecule has 1 rings (SSSR count). The van der Waals surface area contributed by atoms with E-state index in [0.29, 0.717) is 11.8 Å². The highest BCUT2D eigenvalue weighted by molar-refractivity contribution is 5.45. The van der Waals surface area contributed by atoms with Gasteiger partial charge in [-0.15, -0.1) is 0 Å². The summed E-state index contributed by atoms with van der Waals surface area (Å²) in [4.78, 5) is 9.68. The van der Waals surface area contributed by atoms with E-state index in [4.69, 9.17) is 5.11 Å². The lowest BCUT2D eigenvalue weighted by Gasteiger charge is -2.41. The van der Waals surface area contributed by atoms with Gasteiger partial charge >= 0.3 is 0 Å². The van der Waals surface area contributed by atoms with Crippen LogP contribution in [0.1, 0.15) is 73.1 Å². The van der Waals surface area contributed by atoms with E-state index in [2.05, 4.69) is 39.9 Å². The van der Waals surface area contributed by atoms with E-state index in [1.54, 1.807) is 0 Å². The van der Waals surface area contributed by atoms with E-state index < -0.39 is 0 Å². The Hall–Kier alpha value is -0.570. The number of aliphatic hydroxyl groups excluding tert-OH is 1. The number of unbranched alkanes of at least 4 members (excludes halogenated alkanes) is 2. The number of aliphatic hydroxyl groups is 1. The Kier molecular flexibility index (Phi) is 10.8.